The van der Waals surface area contributed by atoms with Crippen LogP contribution in [0.2, 0.25) is 5.02 Å². The van der Waals surface area contributed by atoms with Crippen LogP contribution >= 0.6 is 23.4 Å². The molecule has 8 nitrogen and oxygen atoms in total. The molecule has 0 spiro atoms. The fourth-order valence-electron chi connectivity index (χ4n) is 4.22. The fraction of sp³-hybridized carbons (Fsp3) is 0.333. The first-order valence-corrected chi connectivity index (χ1v) is 15.9. The minimum Gasteiger partial charge on any atom is -0.478 e. The van der Waals surface area contributed by atoms with Gasteiger partial charge < -0.3 is 14.9 Å². The van der Waals surface area contributed by atoms with Crippen LogP contribution in [0.15, 0.2) is 81.4 Å². The lowest BCUT2D eigenvalue weighted by Crippen LogP contribution is -2.49. The van der Waals surface area contributed by atoms with Crippen LogP contribution in [-0.4, -0.2) is 54.5 Å². The molecule has 0 radical (unpaired) electrons. The normalized spacial score (nSPS) is 14.2. The molecule has 0 aliphatic heterocycles. The quantitative estimate of drug-likeness (QED) is 0.187. The van der Waals surface area contributed by atoms with E-state index < -0.39 is 39.5 Å². The van der Waals surface area contributed by atoms with Crippen molar-refractivity contribution >= 4 is 45.1 Å². The second-order valence-corrected chi connectivity index (χ2v) is 13.8. The van der Waals surface area contributed by atoms with E-state index in [1.165, 1.54) is 36.0 Å². The molecule has 0 aliphatic carbocycles. The van der Waals surface area contributed by atoms with Gasteiger partial charge in [-0.25, -0.2) is 13.2 Å². The summed E-state index contributed by atoms with van der Waals surface area (Å²) in [5, 5.41) is 24.3. The Morgan fingerprint density at radius 2 is 1.71 bits per heavy atom. The van der Waals surface area contributed by atoms with E-state index in [0.717, 1.165) is 5.56 Å². The van der Waals surface area contributed by atoms with Gasteiger partial charge in [-0.3, -0.25) is 10.1 Å². The van der Waals surface area contributed by atoms with Crippen LogP contribution in [-0.2, 0) is 25.8 Å². The second kappa shape index (κ2) is 13.4. The number of carboxylic acid groups (broad SMARTS) is 1. The lowest BCUT2D eigenvalue weighted by Gasteiger charge is -2.30. The number of sulfone groups is 1. The topological polar surface area (TPSA) is 130 Å². The third-order valence-corrected chi connectivity index (χ3v) is 8.90. The summed E-state index contributed by atoms with van der Waals surface area (Å²) in [7, 11) is -4.09. The Morgan fingerprint density at radius 3 is 2.27 bits per heavy atom. The molecule has 220 valence electrons. The number of aromatic carboxylic acids is 1. The Bertz CT molecular complexity index is 1500. The van der Waals surface area contributed by atoms with Crippen molar-refractivity contribution in [3.63, 3.8) is 0 Å². The zero-order chi connectivity index (χ0) is 30.5. The molecule has 41 heavy (non-hydrogen) atoms. The molecular formula is C30H34ClNO7S2. The number of benzene rings is 3. The van der Waals surface area contributed by atoms with Crippen molar-refractivity contribution in [1.82, 2.24) is 5.32 Å². The van der Waals surface area contributed by atoms with Gasteiger partial charge in [-0.15, -0.1) is 11.8 Å². The van der Waals surface area contributed by atoms with E-state index in [2.05, 4.69) is 5.32 Å². The van der Waals surface area contributed by atoms with Crippen molar-refractivity contribution in [3.05, 3.63) is 88.4 Å². The van der Waals surface area contributed by atoms with Gasteiger partial charge in [-0.2, -0.15) is 0 Å². The number of esters is 1. The van der Waals surface area contributed by atoms with E-state index >= 15 is 0 Å². The number of nitrogens with one attached hydrogen (secondary N) is 1. The molecule has 0 fully saturated rings. The number of halogens is 1. The fourth-order valence-corrected chi connectivity index (χ4v) is 6.29. The highest BCUT2D eigenvalue weighted by Crippen LogP contribution is 2.29. The number of aliphatic hydroxyl groups excluding tert-OH is 1. The van der Waals surface area contributed by atoms with Crippen LogP contribution in [0, 0.1) is 0 Å². The number of rotatable bonds is 11. The molecular weight excluding hydrogens is 586 g/mol. The third-order valence-electron chi connectivity index (χ3n) is 6.11. The summed E-state index contributed by atoms with van der Waals surface area (Å²) in [5.74, 6) is -1.95. The first-order chi connectivity index (χ1) is 19.1. The summed E-state index contributed by atoms with van der Waals surface area (Å²) in [6.45, 7) is 7.05. The summed E-state index contributed by atoms with van der Waals surface area (Å²) < 4.78 is 32.1. The van der Waals surface area contributed by atoms with Gasteiger partial charge in [-0.05, 0) is 94.0 Å². The summed E-state index contributed by atoms with van der Waals surface area (Å²) in [6, 6.07) is 15.5. The molecule has 0 amide bonds. The summed E-state index contributed by atoms with van der Waals surface area (Å²) in [5.41, 5.74) is 0.158. The van der Waals surface area contributed by atoms with Crippen molar-refractivity contribution in [2.75, 3.05) is 6.26 Å². The minimum absolute atomic E-state index is 0.0377. The molecule has 0 aromatic heterocycles. The smallest absolute Gasteiger partial charge is 0.337 e. The van der Waals surface area contributed by atoms with E-state index in [-0.39, 0.29) is 21.4 Å². The van der Waals surface area contributed by atoms with E-state index in [1.54, 1.807) is 69.5 Å². The Kier molecular flexibility index (Phi) is 10.7. The maximum atomic E-state index is 13.3. The van der Waals surface area contributed by atoms with Gasteiger partial charge in [-0.1, -0.05) is 35.9 Å². The van der Waals surface area contributed by atoms with Gasteiger partial charge in [0.1, 0.15) is 17.7 Å². The highest BCUT2D eigenvalue weighted by Gasteiger charge is 2.33. The predicted octanol–water partition coefficient (Wildman–Crippen LogP) is 5.56. The van der Waals surface area contributed by atoms with Crippen LogP contribution in [0.3, 0.4) is 0 Å². The van der Waals surface area contributed by atoms with E-state index in [4.69, 9.17) is 16.3 Å². The Labute approximate surface area is 250 Å². The van der Waals surface area contributed by atoms with Crippen molar-refractivity contribution < 1.29 is 33.0 Å². The maximum absolute atomic E-state index is 13.3. The number of carboxylic acids is 1. The molecule has 3 aromatic rings. The maximum Gasteiger partial charge on any atom is 0.337 e. The molecule has 3 aromatic carbocycles. The standard InChI is InChI=1S/C30H34ClNO7S2/c1-18(32-26(29(36)39-30(2,3)4)27(33)20-7-6-8-21(31)16-20)15-19-9-12-23(13-10-19)41(37,38)25-14-11-22(40-5)17-24(25)28(34)35/h6-14,16-18,26-27,32-33H,15H2,1-5H3,(H,34,35)/t18-,26?,27-/m1/s1. The molecule has 0 saturated carbocycles. The van der Waals surface area contributed by atoms with Crippen molar-refractivity contribution in [3.8, 4) is 0 Å². The first kappa shape index (κ1) is 32.6. The molecule has 3 N–H and O–H groups in total. The SMILES string of the molecule is CSc1ccc(S(=O)(=O)c2ccc(C[C@@H](C)NC(C(=O)OC(C)(C)C)[C@H](O)c3cccc(Cl)c3)cc2)c(C(=O)O)c1. The molecule has 1 unspecified atom stereocenters. The number of ether oxygens (including phenoxy) is 1. The van der Waals surface area contributed by atoms with Gasteiger partial charge in [0.2, 0.25) is 9.84 Å². The number of hydrogen-bond donors (Lipinski definition) is 3. The summed E-state index contributed by atoms with van der Waals surface area (Å²) in [6.07, 6.45) is 0.932. The highest BCUT2D eigenvalue weighted by molar-refractivity contribution is 7.98. The number of hydrogen-bond acceptors (Lipinski definition) is 8. The molecule has 11 heteroatoms. The van der Waals surface area contributed by atoms with Crippen LogP contribution in [0.4, 0.5) is 0 Å². The average molecular weight is 620 g/mol. The van der Waals surface area contributed by atoms with Crippen LogP contribution in [0.1, 0.15) is 55.3 Å². The predicted molar refractivity (Wildman–Crippen MR) is 159 cm³/mol. The van der Waals surface area contributed by atoms with Crippen LogP contribution < -0.4 is 5.32 Å². The van der Waals surface area contributed by atoms with Gasteiger partial charge in [0, 0.05) is 16.0 Å². The molecule has 3 atom stereocenters. The highest BCUT2D eigenvalue weighted by atomic mass is 35.5. The molecule has 0 saturated heterocycles. The van der Waals surface area contributed by atoms with E-state index in [0.29, 0.717) is 21.9 Å². The van der Waals surface area contributed by atoms with Crippen molar-refractivity contribution in [2.24, 2.45) is 0 Å². The molecule has 3 rings (SSSR count). The summed E-state index contributed by atoms with van der Waals surface area (Å²) >= 11 is 7.41. The molecule has 0 bridgehead atoms. The Hall–Kier alpha value is -2.89. The Balaban J connectivity index is 1.81. The zero-order valence-corrected chi connectivity index (χ0v) is 25.8. The lowest BCUT2D eigenvalue weighted by atomic mass is 9.99. The van der Waals surface area contributed by atoms with Gasteiger partial charge >= 0.3 is 11.9 Å². The largest absolute Gasteiger partial charge is 0.478 e. The minimum atomic E-state index is -4.09. The average Bonchev–Trinajstić information content (AvgIpc) is 2.90. The van der Waals surface area contributed by atoms with Gasteiger partial charge in [0.25, 0.3) is 0 Å². The number of carbonyl (C=O) groups is 2. The monoisotopic (exact) mass is 619 g/mol. The first-order valence-electron chi connectivity index (χ1n) is 12.8. The second-order valence-electron chi connectivity index (χ2n) is 10.6. The zero-order valence-electron chi connectivity index (χ0n) is 23.4. The van der Waals surface area contributed by atoms with Crippen LogP contribution in [0.25, 0.3) is 0 Å². The number of aliphatic hydroxyl groups is 1. The van der Waals surface area contributed by atoms with E-state index in [9.17, 15) is 28.2 Å². The third kappa shape index (κ3) is 8.56. The summed E-state index contributed by atoms with van der Waals surface area (Å²) in [4.78, 5) is 25.2. The van der Waals surface area contributed by atoms with E-state index in [1.807, 2.05) is 6.92 Å². The van der Waals surface area contributed by atoms with Gasteiger partial charge in [0.05, 0.1) is 15.4 Å². The molecule has 0 heterocycles. The van der Waals surface area contributed by atoms with Crippen molar-refractivity contribution in [1.29, 1.82) is 0 Å². The van der Waals surface area contributed by atoms with Crippen LogP contribution in [0.5, 0.6) is 0 Å². The molecule has 0 aliphatic rings. The number of carbonyl (C=O) groups excluding carboxylic acids is 1. The Morgan fingerprint density at radius 1 is 1.05 bits per heavy atom. The van der Waals surface area contributed by atoms with Crippen molar-refractivity contribution in [2.45, 2.75) is 72.6 Å². The lowest BCUT2D eigenvalue weighted by molar-refractivity contribution is -0.161. The van der Waals surface area contributed by atoms with Gasteiger partial charge in [0.15, 0.2) is 0 Å². The number of thioether (sulfide) groups is 1.